The van der Waals surface area contributed by atoms with Crippen molar-refractivity contribution < 1.29 is 36.2 Å². The number of benzene rings is 3. The summed E-state index contributed by atoms with van der Waals surface area (Å²) in [6.45, 7) is 13.9. The first-order valence-electron chi connectivity index (χ1n) is 16.0. The van der Waals surface area contributed by atoms with Crippen molar-refractivity contribution in [3.05, 3.63) is 89.5 Å². The fraction of sp³-hybridized carbons (Fsp3) is 0.486. The minimum Gasteiger partial charge on any atom is -0.493 e. The third kappa shape index (κ3) is 11.9. The molecule has 0 radical (unpaired) electrons. The van der Waals surface area contributed by atoms with Gasteiger partial charge >= 0.3 is 14.8 Å². The molecule has 0 amide bonds. The largest absolute Gasteiger partial charge is 0.493 e. The van der Waals surface area contributed by atoms with Gasteiger partial charge in [0.15, 0.2) is 5.90 Å². The van der Waals surface area contributed by atoms with Gasteiger partial charge in [0.1, 0.15) is 17.9 Å². The Morgan fingerprint density at radius 3 is 2.00 bits per heavy atom. The summed E-state index contributed by atoms with van der Waals surface area (Å²) in [6, 6.07) is 22.6. The van der Waals surface area contributed by atoms with Crippen LogP contribution >= 0.6 is 8.60 Å². The number of ether oxygens (including phenoxy) is 2. The van der Waals surface area contributed by atoms with Gasteiger partial charge in [-0.25, -0.2) is 4.99 Å². The van der Waals surface area contributed by atoms with E-state index in [0.29, 0.717) is 37.1 Å². The second-order valence-corrected chi connectivity index (χ2v) is 15.0. The number of hydrogen-bond acceptors (Lipinski definition) is 6. The van der Waals surface area contributed by atoms with Gasteiger partial charge in [-0.2, -0.15) is 13.2 Å². The molecule has 1 unspecified atom stereocenters. The zero-order valence-electron chi connectivity index (χ0n) is 28.4. The molecule has 0 fully saturated rings. The zero-order valence-corrected chi connectivity index (χ0v) is 29.3. The number of aryl methyl sites for hydroxylation is 2. The molecule has 0 aromatic heterocycles. The highest BCUT2D eigenvalue weighted by Gasteiger charge is 2.39. The van der Waals surface area contributed by atoms with E-state index in [0.717, 1.165) is 16.7 Å². The van der Waals surface area contributed by atoms with Gasteiger partial charge in [0.05, 0.1) is 30.0 Å². The highest BCUT2D eigenvalue weighted by molar-refractivity contribution is 7.41. The van der Waals surface area contributed by atoms with Crippen LogP contribution < -0.4 is 4.74 Å². The number of rotatable bonds is 14. The second kappa shape index (κ2) is 15.5. The van der Waals surface area contributed by atoms with E-state index >= 15 is 0 Å². The predicted octanol–water partition coefficient (Wildman–Crippen LogP) is 10.4. The maximum absolute atomic E-state index is 14.2. The molecular weight excluding hydrogens is 626 g/mol. The van der Waals surface area contributed by atoms with E-state index in [1.807, 2.05) is 71.9 Å². The van der Waals surface area contributed by atoms with Crippen LogP contribution in [0.1, 0.15) is 78.0 Å². The third-order valence-corrected chi connectivity index (χ3v) is 8.97. The second-order valence-electron chi connectivity index (χ2n) is 13.9. The summed E-state index contributed by atoms with van der Waals surface area (Å²) in [7, 11) is -1.71. The van der Waals surface area contributed by atoms with E-state index in [-0.39, 0.29) is 25.6 Å². The van der Waals surface area contributed by atoms with E-state index < -0.39 is 37.1 Å². The number of halogens is 3. The van der Waals surface area contributed by atoms with Crippen LogP contribution in [0.2, 0.25) is 0 Å². The number of nitrogens with zero attached hydrogens (tertiary/aromatic N) is 1. The van der Waals surface area contributed by atoms with Crippen molar-refractivity contribution >= 4 is 14.5 Å². The number of aliphatic imine (C=N–C) groups is 1. The van der Waals surface area contributed by atoms with E-state index in [4.69, 9.17) is 28.0 Å². The van der Waals surface area contributed by atoms with Gasteiger partial charge in [-0.3, -0.25) is 0 Å². The van der Waals surface area contributed by atoms with Crippen molar-refractivity contribution in [3.8, 4) is 16.9 Å². The number of hydrogen-bond donors (Lipinski definition) is 0. The van der Waals surface area contributed by atoms with Crippen molar-refractivity contribution in [2.24, 2.45) is 4.99 Å². The zero-order chi connectivity index (χ0) is 34.3. The van der Waals surface area contributed by atoms with Crippen LogP contribution in [0.25, 0.3) is 11.1 Å². The topological polar surface area (TPSA) is 58.5 Å². The average Bonchev–Trinajstić information content (AvgIpc) is 3.37. The fourth-order valence-electron chi connectivity index (χ4n) is 5.01. The summed E-state index contributed by atoms with van der Waals surface area (Å²) in [5, 5.41) is 0. The molecule has 10 heteroatoms. The van der Waals surface area contributed by atoms with E-state index in [9.17, 15) is 13.2 Å². The van der Waals surface area contributed by atoms with Crippen molar-refractivity contribution in [1.82, 2.24) is 0 Å². The predicted molar refractivity (Wildman–Crippen MR) is 182 cm³/mol. The Hall–Kier alpha value is -2.97. The van der Waals surface area contributed by atoms with Crippen molar-refractivity contribution in [2.45, 2.75) is 97.1 Å². The smallest absolute Gasteiger partial charge is 0.419 e. The molecule has 256 valence electrons. The summed E-state index contributed by atoms with van der Waals surface area (Å²) in [6.07, 6.45) is -2.52. The molecule has 1 atom stereocenters. The highest BCUT2D eigenvalue weighted by atomic mass is 31.2. The maximum Gasteiger partial charge on any atom is 0.419 e. The lowest BCUT2D eigenvalue weighted by molar-refractivity contribution is -0.139. The Labute approximate surface area is 278 Å². The Balaban J connectivity index is 1.37. The first-order valence-corrected chi connectivity index (χ1v) is 17.1. The van der Waals surface area contributed by atoms with Crippen LogP contribution in [0, 0.1) is 0 Å². The Morgan fingerprint density at radius 2 is 1.43 bits per heavy atom. The van der Waals surface area contributed by atoms with Gasteiger partial charge in [-0.05, 0) is 102 Å². The minimum absolute atomic E-state index is 0.143. The quantitative estimate of drug-likeness (QED) is 0.126. The molecule has 0 saturated carbocycles. The molecule has 3 aromatic carbocycles. The van der Waals surface area contributed by atoms with Gasteiger partial charge in [-0.15, -0.1) is 0 Å². The summed E-state index contributed by atoms with van der Waals surface area (Å²) < 4.78 is 72.1. The molecule has 1 heterocycles. The van der Waals surface area contributed by atoms with Crippen molar-refractivity contribution in [2.75, 3.05) is 19.8 Å². The van der Waals surface area contributed by atoms with Crippen LogP contribution in [0.15, 0.2) is 77.8 Å². The molecule has 0 N–H and O–H groups in total. The van der Waals surface area contributed by atoms with Crippen molar-refractivity contribution in [3.63, 3.8) is 0 Å². The third-order valence-electron chi connectivity index (χ3n) is 7.24. The summed E-state index contributed by atoms with van der Waals surface area (Å²) >= 11 is 0. The molecule has 4 rings (SSSR count). The molecule has 0 aliphatic carbocycles. The van der Waals surface area contributed by atoms with Gasteiger partial charge in [0, 0.05) is 6.92 Å². The Kier molecular flexibility index (Phi) is 12.2. The van der Waals surface area contributed by atoms with Gasteiger partial charge in [-0.1, -0.05) is 60.7 Å². The lowest BCUT2D eigenvalue weighted by Crippen LogP contribution is -2.35. The normalized spacial score (nSPS) is 17.1. The van der Waals surface area contributed by atoms with Gasteiger partial charge < -0.3 is 23.0 Å². The lowest BCUT2D eigenvalue weighted by atomic mass is 9.93. The van der Waals surface area contributed by atoms with E-state index in [2.05, 4.69) is 24.3 Å². The highest BCUT2D eigenvalue weighted by Crippen LogP contribution is 2.48. The standard InChI is InChI=1S/C37H47F3NO5P/c1-27-41-36(25-43-27,26-44-47(45-34(2,3)4)46-35(5,6)7)22-21-29-17-20-33(32(24-29)37(38,39)40)42-23-11-12-28-15-18-31(19-16-28)30-13-9-8-10-14-30/h8-10,13-20,24H,11-12,21-23,25-26H2,1-7H3. The van der Waals surface area contributed by atoms with Crippen molar-refractivity contribution in [1.29, 1.82) is 0 Å². The molecule has 6 nitrogen and oxygen atoms in total. The monoisotopic (exact) mass is 673 g/mol. The van der Waals surface area contributed by atoms with Gasteiger partial charge in [0.25, 0.3) is 0 Å². The summed E-state index contributed by atoms with van der Waals surface area (Å²) in [4.78, 5) is 4.71. The molecular formula is C37H47F3NO5P. The molecule has 3 aromatic rings. The van der Waals surface area contributed by atoms with Crippen LogP contribution in [-0.2, 0) is 37.3 Å². The van der Waals surface area contributed by atoms with E-state index in [1.54, 1.807) is 13.0 Å². The van der Waals surface area contributed by atoms with E-state index in [1.165, 1.54) is 12.1 Å². The fourth-order valence-corrected chi connectivity index (χ4v) is 6.40. The summed E-state index contributed by atoms with van der Waals surface area (Å²) in [5.74, 6) is 0.347. The van der Waals surface area contributed by atoms with Gasteiger partial charge in [0.2, 0.25) is 0 Å². The Morgan fingerprint density at radius 1 is 0.809 bits per heavy atom. The lowest BCUT2D eigenvalue weighted by Gasteiger charge is -2.32. The molecule has 47 heavy (non-hydrogen) atoms. The SMILES string of the molecule is CC1=NC(CCc2ccc(OCCCc3ccc(-c4ccccc4)cc3)c(C(F)(F)F)c2)(COP(OC(C)(C)C)OC(C)(C)C)CO1. The first kappa shape index (κ1) is 36.9. The van der Waals surface area contributed by atoms with Crippen LogP contribution in [0.3, 0.4) is 0 Å². The van der Waals surface area contributed by atoms with Crippen LogP contribution in [-0.4, -0.2) is 42.5 Å². The molecule has 1 aliphatic rings. The number of alkyl halides is 3. The Bertz CT molecular complexity index is 1450. The molecule has 0 bridgehead atoms. The maximum atomic E-state index is 14.2. The molecule has 0 saturated heterocycles. The molecule has 0 spiro atoms. The van der Waals surface area contributed by atoms with Crippen LogP contribution in [0.4, 0.5) is 13.2 Å². The van der Waals surface area contributed by atoms with Crippen LogP contribution in [0.5, 0.6) is 5.75 Å². The minimum atomic E-state index is -4.56. The first-order chi connectivity index (χ1) is 22.0. The summed E-state index contributed by atoms with van der Waals surface area (Å²) in [5.41, 5.74) is 1.34. The molecule has 1 aliphatic heterocycles. The average molecular weight is 674 g/mol.